The Morgan fingerprint density at radius 1 is 1.35 bits per heavy atom. The van der Waals surface area contributed by atoms with E-state index in [1.165, 1.54) is 15.6 Å². The third-order valence-corrected chi connectivity index (χ3v) is 5.80. The summed E-state index contributed by atoms with van der Waals surface area (Å²) in [4.78, 5) is 25.2. The fourth-order valence-corrected chi connectivity index (χ4v) is 4.42. The van der Waals surface area contributed by atoms with Crippen LogP contribution in [-0.2, 0) is 16.0 Å². The number of likely N-dealkylation sites (tertiary alicyclic amines) is 1. The second-order valence-electron chi connectivity index (χ2n) is 6.17. The number of fused-ring (bicyclic) bond motifs is 1. The molecule has 4 nitrogen and oxygen atoms in total. The standard InChI is InChI=1S/C18H21NO3S/c1-12-14(18(21)22)9-10-19(12)17(20)8-4-5-13-11-23-16-7-3-2-6-15(13)16/h2-3,6-7,11-12,14H,4-5,8-10H2,1H3,(H,21,22). The zero-order valence-corrected chi connectivity index (χ0v) is 14.0. The SMILES string of the molecule is CC1C(C(=O)O)CCN1C(=O)CCCc1csc2ccccc12. The van der Waals surface area contributed by atoms with E-state index in [9.17, 15) is 9.59 Å². The molecule has 1 fully saturated rings. The number of aliphatic carboxylic acids is 1. The Bertz CT molecular complexity index is 724. The van der Waals surface area contributed by atoms with Crippen molar-refractivity contribution in [2.24, 2.45) is 5.92 Å². The first kappa shape index (κ1) is 16.0. The lowest BCUT2D eigenvalue weighted by molar-refractivity contribution is -0.143. The molecule has 2 aromatic rings. The number of nitrogens with zero attached hydrogens (tertiary/aromatic N) is 1. The smallest absolute Gasteiger partial charge is 0.308 e. The van der Waals surface area contributed by atoms with E-state index in [1.54, 1.807) is 16.2 Å². The first-order valence-electron chi connectivity index (χ1n) is 8.05. The molecule has 3 rings (SSSR count). The number of carbonyl (C=O) groups is 2. The molecule has 2 heterocycles. The Hall–Kier alpha value is -1.88. The van der Waals surface area contributed by atoms with Gasteiger partial charge in [0.1, 0.15) is 0 Å². The average Bonchev–Trinajstić information content (AvgIpc) is 3.11. The summed E-state index contributed by atoms with van der Waals surface area (Å²) >= 11 is 1.74. The van der Waals surface area contributed by atoms with E-state index >= 15 is 0 Å². The molecule has 0 radical (unpaired) electrons. The number of hydrogen-bond acceptors (Lipinski definition) is 3. The number of carboxylic acids is 1. The Kier molecular flexibility index (Phi) is 4.66. The summed E-state index contributed by atoms with van der Waals surface area (Å²) in [5.74, 6) is -1.13. The number of carboxylic acid groups (broad SMARTS) is 1. The van der Waals surface area contributed by atoms with Crippen LogP contribution in [0.15, 0.2) is 29.6 Å². The maximum atomic E-state index is 12.4. The topological polar surface area (TPSA) is 57.6 Å². The number of benzene rings is 1. The first-order valence-corrected chi connectivity index (χ1v) is 8.93. The lowest BCUT2D eigenvalue weighted by Gasteiger charge is -2.23. The van der Waals surface area contributed by atoms with Crippen molar-refractivity contribution in [2.75, 3.05) is 6.54 Å². The molecule has 0 saturated carbocycles. The molecule has 2 unspecified atom stereocenters. The minimum Gasteiger partial charge on any atom is -0.481 e. The largest absolute Gasteiger partial charge is 0.481 e. The summed E-state index contributed by atoms with van der Waals surface area (Å²) < 4.78 is 1.28. The average molecular weight is 331 g/mol. The number of thiophene rings is 1. The van der Waals surface area contributed by atoms with Crippen molar-refractivity contribution in [2.45, 2.75) is 38.6 Å². The predicted molar refractivity (Wildman–Crippen MR) is 91.7 cm³/mol. The van der Waals surface area contributed by atoms with Crippen LogP contribution in [0.4, 0.5) is 0 Å². The second kappa shape index (κ2) is 6.71. The number of carbonyl (C=O) groups excluding carboxylic acids is 1. The molecule has 1 amide bonds. The zero-order chi connectivity index (χ0) is 16.4. The van der Waals surface area contributed by atoms with Crippen LogP contribution in [0, 0.1) is 5.92 Å². The van der Waals surface area contributed by atoms with Gasteiger partial charge in [-0.25, -0.2) is 0 Å². The van der Waals surface area contributed by atoms with Gasteiger partial charge in [-0.15, -0.1) is 11.3 Å². The Labute approximate surface area is 139 Å². The van der Waals surface area contributed by atoms with Crippen LogP contribution in [0.3, 0.4) is 0 Å². The normalized spacial score (nSPS) is 21.0. The molecule has 5 heteroatoms. The zero-order valence-electron chi connectivity index (χ0n) is 13.2. The molecule has 0 spiro atoms. The van der Waals surface area contributed by atoms with Gasteiger partial charge in [0.2, 0.25) is 5.91 Å². The van der Waals surface area contributed by atoms with Gasteiger partial charge in [-0.1, -0.05) is 18.2 Å². The maximum Gasteiger partial charge on any atom is 0.308 e. The van der Waals surface area contributed by atoms with Gasteiger partial charge in [0.05, 0.1) is 5.92 Å². The number of rotatable bonds is 5. The van der Waals surface area contributed by atoms with Crippen LogP contribution in [0.25, 0.3) is 10.1 Å². The molecule has 122 valence electrons. The minimum atomic E-state index is -0.794. The number of aryl methyl sites for hydroxylation is 1. The van der Waals surface area contributed by atoms with E-state index in [4.69, 9.17) is 5.11 Å². The molecule has 1 N–H and O–H groups in total. The van der Waals surface area contributed by atoms with Gasteiger partial charge in [0.25, 0.3) is 0 Å². The maximum absolute atomic E-state index is 12.4. The van der Waals surface area contributed by atoms with E-state index in [0.29, 0.717) is 19.4 Å². The van der Waals surface area contributed by atoms with Crippen LogP contribution in [-0.4, -0.2) is 34.5 Å². The quantitative estimate of drug-likeness (QED) is 0.911. The summed E-state index contributed by atoms with van der Waals surface area (Å²) in [6.45, 7) is 2.41. The number of amides is 1. The van der Waals surface area contributed by atoms with Crippen molar-refractivity contribution in [3.8, 4) is 0 Å². The minimum absolute atomic E-state index is 0.0841. The molecule has 1 aliphatic heterocycles. The van der Waals surface area contributed by atoms with Gasteiger partial charge < -0.3 is 10.0 Å². The van der Waals surface area contributed by atoms with E-state index in [-0.39, 0.29) is 11.9 Å². The summed E-state index contributed by atoms with van der Waals surface area (Å²) in [6.07, 6.45) is 2.75. The summed E-state index contributed by atoms with van der Waals surface area (Å²) in [5, 5.41) is 12.6. The van der Waals surface area contributed by atoms with Gasteiger partial charge >= 0.3 is 5.97 Å². The highest BCUT2D eigenvalue weighted by molar-refractivity contribution is 7.17. The molecule has 1 saturated heterocycles. The predicted octanol–water partition coefficient (Wildman–Crippen LogP) is 3.55. The van der Waals surface area contributed by atoms with Crippen molar-refractivity contribution in [3.05, 3.63) is 35.2 Å². The third-order valence-electron chi connectivity index (χ3n) is 4.79. The molecule has 1 aliphatic rings. The fraction of sp³-hybridized carbons (Fsp3) is 0.444. The summed E-state index contributed by atoms with van der Waals surface area (Å²) in [6, 6.07) is 8.14. The van der Waals surface area contributed by atoms with E-state index in [1.807, 2.05) is 19.1 Å². The van der Waals surface area contributed by atoms with E-state index in [0.717, 1.165) is 12.8 Å². The van der Waals surface area contributed by atoms with Crippen molar-refractivity contribution in [1.82, 2.24) is 4.90 Å². The lowest BCUT2D eigenvalue weighted by atomic mass is 10.0. The molecule has 1 aromatic heterocycles. The summed E-state index contributed by atoms with van der Waals surface area (Å²) in [5.41, 5.74) is 1.30. The highest BCUT2D eigenvalue weighted by Crippen LogP contribution is 2.28. The molecule has 0 aliphatic carbocycles. The van der Waals surface area contributed by atoms with Crippen LogP contribution >= 0.6 is 11.3 Å². The second-order valence-corrected chi connectivity index (χ2v) is 7.08. The molecule has 0 bridgehead atoms. The van der Waals surface area contributed by atoms with Crippen LogP contribution < -0.4 is 0 Å². The highest BCUT2D eigenvalue weighted by Gasteiger charge is 2.37. The van der Waals surface area contributed by atoms with Crippen LogP contribution in [0.1, 0.15) is 31.7 Å². The van der Waals surface area contributed by atoms with Crippen molar-refractivity contribution in [1.29, 1.82) is 0 Å². The van der Waals surface area contributed by atoms with Crippen molar-refractivity contribution >= 4 is 33.3 Å². The van der Waals surface area contributed by atoms with E-state index < -0.39 is 11.9 Å². The monoisotopic (exact) mass is 331 g/mol. The number of hydrogen-bond donors (Lipinski definition) is 1. The fourth-order valence-electron chi connectivity index (χ4n) is 3.42. The van der Waals surface area contributed by atoms with E-state index in [2.05, 4.69) is 17.5 Å². The first-order chi connectivity index (χ1) is 11.1. The summed E-state index contributed by atoms with van der Waals surface area (Å²) in [7, 11) is 0. The van der Waals surface area contributed by atoms with Crippen molar-refractivity contribution < 1.29 is 14.7 Å². The molecule has 1 aromatic carbocycles. The molecular weight excluding hydrogens is 310 g/mol. The lowest BCUT2D eigenvalue weighted by Crippen LogP contribution is -2.37. The van der Waals surface area contributed by atoms with Gasteiger partial charge in [-0.2, -0.15) is 0 Å². The van der Waals surface area contributed by atoms with Crippen LogP contribution in [0.2, 0.25) is 0 Å². The highest BCUT2D eigenvalue weighted by atomic mass is 32.1. The van der Waals surface area contributed by atoms with Gasteiger partial charge in [0, 0.05) is 23.7 Å². The Balaban J connectivity index is 1.55. The van der Waals surface area contributed by atoms with Crippen molar-refractivity contribution in [3.63, 3.8) is 0 Å². The molecular formula is C18H21NO3S. The molecule has 23 heavy (non-hydrogen) atoms. The van der Waals surface area contributed by atoms with Gasteiger partial charge in [-0.05, 0) is 48.6 Å². The third kappa shape index (κ3) is 3.24. The Morgan fingerprint density at radius 3 is 2.87 bits per heavy atom. The van der Waals surface area contributed by atoms with Gasteiger partial charge in [0.15, 0.2) is 0 Å². The van der Waals surface area contributed by atoms with Crippen LogP contribution in [0.5, 0.6) is 0 Å². The molecule has 2 atom stereocenters. The Morgan fingerprint density at radius 2 is 2.13 bits per heavy atom. The van der Waals surface area contributed by atoms with Gasteiger partial charge in [-0.3, -0.25) is 9.59 Å².